The van der Waals surface area contributed by atoms with E-state index < -0.39 is 11.7 Å². The minimum absolute atomic E-state index is 0.0269. The second-order valence-corrected chi connectivity index (χ2v) is 4.55. The molecular formula is C11H14ClNO3. The lowest BCUT2D eigenvalue weighted by Crippen LogP contribution is -2.33. The maximum absolute atomic E-state index is 10.7. The first kappa shape index (κ1) is 12.6. The molecule has 0 heterocycles. The van der Waals surface area contributed by atoms with E-state index in [0.717, 1.165) is 5.56 Å². The fourth-order valence-corrected chi connectivity index (χ4v) is 1.66. The van der Waals surface area contributed by atoms with Crippen LogP contribution in [0.15, 0.2) is 18.2 Å². The molecule has 1 rings (SSSR count). The van der Waals surface area contributed by atoms with E-state index in [0.29, 0.717) is 6.42 Å². The van der Waals surface area contributed by atoms with Gasteiger partial charge in [0.15, 0.2) is 0 Å². The number of ether oxygens (including phenoxy) is 1. The number of halogens is 1. The van der Waals surface area contributed by atoms with Crippen molar-refractivity contribution in [3.63, 3.8) is 0 Å². The van der Waals surface area contributed by atoms with Crippen LogP contribution in [-0.2, 0) is 11.2 Å². The molecule has 5 heteroatoms. The van der Waals surface area contributed by atoms with Gasteiger partial charge in [-0.25, -0.2) is 4.79 Å². The molecule has 0 radical (unpaired) electrons. The van der Waals surface area contributed by atoms with Gasteiger partial charge in [0, 0.05) is 6.42 Å². The third-order valence-electron chi connectivity index (χ3n) is 2.02. The molecule has 0 aliphatic carbocycles. The average molecular weight is 244 g/mol. The summed E-state index contributed by atoms with van der Waals surface area (Å²) in [4.78, 5) is 10.7. The number of aromatic hydroxyl groups is 1. The Bertz CT molecular complexity index is 404. The molecule has 4 nitrogen and oxygen atoms in total. The van der Waals surface area contributed by atoms with Gasteiger partial charge in [-0.05, 0) is 31.5 Å². The van der Waals surface area contributed by atoms with Crippen LogP contribution in [0, 0.1) is 0 Å². The number of phenolic OH excluding ortho intramolecular Hbond substituents is 1. The highest BCUT2D eigenvalue weighted by Crippen LogP contribution is 2.26. The molecule has 0 saturated carbocycles. The third kappa shape index (κ3) is 3.62. The van der Waals surface area contributed by atoms with Crippen molar-refractivity contribution in [2.45, 2.75) is 25.9 Å². The van der Waals surface area contributed by atoms with Crippen molar-refractivity contribution in [3.8, 4) is 5.75 Å². The Hall–Kier alpha value is -1.42. The van der Waals surface area contributed by atoms with Gasteiger partial charge in [-0.15, -0.1) is 0 Å². The summed E-state index contributed by atoms with van der Waals surface area (Å²) in [7, 11) is 0. The summed E-state index contributed by atoms with van der Waals surface area (Å²) >= 11 is 5.77. The molecule has 0 spiro atoms. The topological polar surface area (TPSA) is 72.6 Å². The normalized spacial score (nSPS) is 11.2. The Morgan fingerprint density at radius 2 is 2.19 bits per heavy atom. The minimum atomic E-state index is -0.810. The van der Waals surface area contributed by atoms with Gasteiger partial charge in [0.2, 0.25) is 0 Å². The molecule has 0 fully saturated rings. The van der Waals surface area contributed by atoms with E-state index in [2.05, 4.69) is 0 Å². The van der Waals surface area contributed by atoms with E-state index in [1.165, 1.54) is 6.07 Å². The van der Waals surface area contributed by atoms with E-state index in [4.69, 9.17) is 22.1 Å². The highest BCUT2D eigenvalue weighted by atomic mass is 35.5. The van der Waals surface area contributed by atoms with Crippen molar-refractivity contribution in [3.05, 3.63) is 28.8 Å². The van der Waals surface area contributed by atoms with E-state index in [1.807, 2.05) is 0 Å². The van der Waals surface area contributed by atoms with Crippen LogP contribution in [-0.4, -0.2) is 16.8 Å². The van der Waals surface area contributed by atoms with Gasteiger partial charge in [-0.3, -0.25) is 0 Å². The predicted octanol–water partition coefficient (Wildman–Crippen LogP) is 2.46. The summed E-state index contributed by atoms with van der Waals surface area (Å²) in [5.74, 6) is 0.0269. The molecule has 3 N–H and O–H groups in total. The molecule has 16 heavy (non-hydrogen) atoms. The molecule has 88 valence electrons. The Balaban J connectivity index is 2.79. The van der Waals surface area contributed by atoms with Crippen molar-refractivity contribution >= 4 is 17.7 Å². The first-order valence-electron chi connectivity index (χ1n) is 4.76. The van der Waals surface area contributed by atoms with Crippen molar-refractivity contribution in [2.24, 2.45) is 5.73 Å². The molecule has 0 aliphatic rings. The van der Waals surface area contributed by atoms with Gasteiger partial charge in [0.25, 0.3) is 0 Å². The van der Waals surface area contributed by atoms with E-state index in [-0.39, 0.29) is 10.8 Å². The molecule has 0 atom stereocenters. The maximum atomic E-state index is 10.7. The number of hydrogen-bond acceptors (Lipinski definition) is 3. The van der Waals surface area contributed by atoms with Crippen molar-refractivity contribution in [2.75, 3.05) is 0 Å². The highest BCUT2D eigenvalue weighted by molar-refractivity contribution is 6.32. The number of carbonyl (C=O) groups is 1. The number of carbonyl (C=O) groups excluding carboxylic acids is 1. The van der Waals surface area contributed by atoms with Crippen LogP contribution < -0.4 is 5.73 Å². The highest BCUT2D eigenvalue weighted by Gasteiger charge is 2.22. The Morgan fingerprint density at radius 1 is 1.56 bits per heavy atom. The van der Waals surface area contributed by atoms with Crippen molar-refractivity contribution in [1.82, 2.24) is 0 Å². The quantitative estimate of drug-likeness (QED) is 0.857. The van der Waals surface area contributed by atoms with Crippen LogP contribution in [0.5, 0.6) is 5.75 Å². The molecule has 0 aromatic heterocycles. The van der Waals surface area contributed by atoms with Crippen molar-refractivity contribution in [1.29, 1.82) is 0 Å². The molecule has 1 amide bonds. The minimum Gasteiger partial charge on any atom is -0.506 e. The Labute approximate surface area is 99.0 Å². The molecule has 1 aromatic carbocycles. The van der Waals surface area contributed by atoms with E-state index >= 15 is 0 Å². The number of hydrogen-bond donors (Lipinski definition) is 2. The lowest BCUT2D eigenvalue weighted by Gasteiger charge is -2.24. The summed E-state index contributed by atoms with van der Waals surface area (Å²) in [5, 5.41) is 9.52. The fourth-order valence-electron chi connectivity index (χ4n) is 1.46. The van der Waals surface area contributed by atoms with Gasteiger partial charge < -0.3 is 15.6 Å². The standard InChI is InChI=1S/C11H14ClNO3/c1-11(2,16-10(13)15)6-7-3-4-9(14)8(12)5-7/h3-5,14H,6H2,1-2H3,(H2,13,15). The van der Waals surface area contributed by atoms with E-state index in [9.17, 15) is 9.90 Å². The third-order valence-corrected chi connectivity index (χ3v) is 2.32. The Kier molecular flexibility index (Phi) is 3.65. The largest absolute Gasteiger partial charge is 0.506 e. The van der Waals surface area contributed by atoms with Gasteiger partial charge in [0.05, 0.1) is 5.02 Å². The summed E-state index contributed by atoms with van der Waals surface area (Å²) in [6.07, 6.45) is -0.342. The van der Waals surface area contributed by atoms with Crippen molar-refractivity contribution < 1.29 is 14.6 Å². The van der Waals surface area contributed by atoms with Gasteiger partial charge in [-0.1, -0.05) is 17.7 Å². The molecule has 0 bridgehead atoms. The Morgan fingerprint density at radius 3 is 2.69 bits per heavy atom. The lowest BCUT2D eigenvalue weighted by molar-refractivity contribution is 0.0460. The molecule has 0 aliphatic heterocycles. The van der Waals surface area contributed by atoms with Gasteiger partial charge in [-0.2, -0.15) is 0 Å². The molecule has 0 saturated heterocycles. The van der Waals surface area contributed by atoms with Crippen LogP contribution in [0.2, 0.25) is 5.02 Å². The summed E-state index contributed by atoms with van der Waals surface area (Å²) in [6.45, 7) is 3.50. The van der Waals surface area contributed by atoms with Crippen LogP contribution >= 0.6 is 11.6 Å². The zero-order chi connectivity index (χ0) is 12.3. The monoisotopic (exact) mass is 243 g/mol. The predicted molar refractivity (Wildman–Crippen MR) is 61.6 cm³/mol. The molecule has 0 unspecified atom stereocenters. The van der Waals surface area contributed by atoms with Crippen LogP contribution in [0.1, 0.15) is 19.4 Å². The van der Waals surface area contributed by atoms with Crippen LogP contribution in [0.3, 0.4) is 0 Å². The van der Waals surface area contributed by atoms with Gasteiger partial charge >= 0.3 is 6.09 Å². The second-order valence-electron chi connectivity index (χ2n) is 4.14. The summed E-state index contributed by atoms with van der Waals surface area (Å²) in [6, 6.07) is 4.84. The summed E-state index contributed by atoms with van der Waals surface area (Å²) < 4.78 is 4.95. The molecular weight excluding hydrogens is 230 g/mol. The zero-order valence-corrected chi connectivity index (χ0v) is 9.91. The number of rotatable bonds is 3. The molecule has 1 aromatic rings. The number of primary amides is 1. The number of phenols is 1. The summed E-state index contributed by atoms with van der Waals surface area (Å²) in [5.41, 5.74) is 5.11. The second kappa shape index (κ2) is 4.61. The average Bonchev–Trinajstić information content (AvgIpc) is 2.08. The first-order valence-corrected chi connectivity index (χ1v) is 5.14. The number of amides is 1. The van der Waals surface area contributed by atoms with Crippen LogP contribution in [0.25, 0.3) is 0 Å². The van der Waals surface area contributed by atoms with Crippen LogP contribution in [0.4, 0.5) is 4.79 Å². The number of benzene rings is 1. The lowest BCUT2D eigenvalue weighted by atomic mass is 9.98. The number of nitrogens with two attached hydrogens (primary N) is 1. The SMILES string of the molecule is CC(C)(Cc1ccc(O)c(Cl)c1)OC(N)=O. The zero-order valence-electron chi connectivity index (χ0n) is 9.16. The van der Waals surface area contributed by atoms with Gasteiger partial charge in [0.1, 0.15) is 11.4 Å². The maximum Gasteiger partial charge on any atom is 0.405 e. The first-order chi connectivity index (χ1) is 7.30. The van der Waals surface area contributed by atoms with E-state index in [1.54, 1.807) is 26.0 Å². The smallest absolute Gasteiger partial charge is 0.405 e. The fraction of sp³-hybridized carbons (Fsp3) is 0.364.